The van der Waals surface area contributed by atoms with Gasteiger partial charge in [-0.15, -0.1) is 24.8 Å². The molecule has 0 radical (unpaired) electrons. The molecule has 1 aromatic heterocycles. The zero-order valence-electron chi connectivity index (χ0n) is 7.28. The maximum absolute atomic E-state index is 7.23. The van der Waals surface area contributed by atoms with E-state index in [4.69, 9.17) is 11.1 Å². The van der Waals surface area contributed by atoms with E-state index in [0.29, 0.717) is 0 Å². The van der Waals surface area contributed by atoms with Crippen LogP contribution >= 0.6 is 24.8 Å². The van der Waals surface area contributed by atoms with Gasteiger partial charge in [-0.05, 0) is 17.5 Å². The van der Waals surface area contributed by atoms with Gasteiger partial charge in [0.05, 0.1) is 0 Å². The molecule has 0 aliphatic rings. The van der Waals surface area contributed by atoms with Crippen molar-refractivity contribution in [3.05, 3.63) is 36.0 Å². The molecule has 0 spiro atoms. The minimum atomic E-state index is 0. The molecule has 0 saturated heterocycles. The summed E-state index contributed by atoms with van der Waals surface area (Å²) in [4.78, 5) is 3.06. The Balaban J connectivity index is 0.000000845. The maximum atomic E-state index is 7.23. The van der Waals surface area contributed by atoms with Crippen molar-refractivity contribution in [2.24, 2.45) is 5.73 Å². The second kappa shape index (κ2) is 4.88. The van der Waals surface area contributed by atoms with Gasteiger partial charge < -0.3 is 10.7 Å². The molecule has 4 N–H and O–H groups in total. The first kappa shape index (κ1) is 12.8. The van der Waals surface area contributed by atoms with E-state index in [1.54, 1.807) is 0 Å². The first-order valence-corrected chi connectivity index (χ1v) is 3.69. The third kappa shape index (κ3) is 2.19. The number of nitrogen functional groups attached to an aromatic ring is 1. The minimum absolute atomic E-state index is 0. The van der Waals surface area contributed by atoms with Crippen LogP contribution in [0, 0.1) is 5.41 Å². The lowest BCUT2D eigenvalue weighted by atomic mass is 10.1. The zero-order valence-corrected chi connectivity index (χ0v) is 8.91. The molecular formula is C9H11Cl2N3. The van der Waals surface area contributed by atoms with Crippen molar-refractivity contribution < 1.29 is 0 Å². The van der Waals surface area contributed by atoms with Crippen molar-refractivity contribution in [2.45, 2.75) is 0 Å². The molecule has 0 bridgehead atoms. The molecular weight excluding hydrogens is 221 g/mol. The zero-order chi connectivity index (χ0) is 8.55. The molecule has 76 valence electrons. The average molecular weight is 232 g/mol. The lowest BCUT2D eigenvalue weighted by Crippen LogP contribution is -2.10. The van der Waals surface area contributed by atoms with Crippen LogP contribution in [0.1, 0.15) is 5.56 Å². The molecule has 14 heavy (non-hydrogen) atoms. The van der Waals surface area contributed by atoms with Gasteiger partial charge in [0.2, 0.25) is 0 Å². The number of hydrogen-bond acceptors (Lipinski definition) is 1. The fraction of sp³-hybridized carbons (Fsp3) is 0. The number of rotatable bonds is 1. The Bertz CT molecular complexity index is 436. The highest BCUT2D eigenvalue weighted by Crippen LogP contribution is 2.13. The fourth-order valence-corrected chi connectivity index (χ4v) is 1.22. The van der Waals surface area contributed by atoms with E-state index in [0.717, 1.165) is 16.5 Å². The Morgan fingerprint density at radius 1 is 1.21 bits per heavy atom. The largest absolute Gasteiger partial charge is 0.384 e. The predicted octanol–water partition coefficient (Wildman–Crippen LogP) is 2.30. The van der Waals surface area contributed by atoms with Crippen molar-refractivity contribution in [1.29, 1.82) is 5.41 Å². The first-order valence-electron chi connectivity index (χ1n) is 3.69. The molecule has 0 unspecified atom stereocenters. The highest BCUT2D eigenvalue weighted by Gasteiger charge is 1.98. The number of nitrogens with two attached hydrogens (primary N) is 1. The van der Waals surface area contributed by atoms with Gasteiger partial charge in [-0.3, -0.25) is 5.41 Å². The van der Waals surface area contributed by atoms with Crippen LogP contribution in [0.3, 0.4) is 0 Å². The Kier molecular flexibility index (Phi) is 4.47. The van der Waals surface area contributed by atoms with E-state index in [-0.39, 0.29) is 30.6 Å². The second-order valence-corrected chi connectivity index (χ2v) is 2.69. The fourth-order valence-electron chi connectivity index (χ4n) is 1.22. The third-order valence-electron chi connectivity index (χ3n) is 1.87. The quantitative estimate of drug-likeness (QED) is 0.512. The summed E-state index contributed by atoms with van der Waals surface area (Å²) in [6.45, 7) is 0. The van der Waals surface area contributed by atoms with Gasteiger partial charge in [0.1, 0.15) is 5.84 Å². The van der Waals surface area contributed by atoms with Crippen LogP contribution in [0.5, 0.6) is 0 Å². The number of amidine groups is 1. The van der Waals surface area contributed by atoms with Crippen molar-refractivity contribution in [2.75, 3.05) is 0 Å². The molecule has 0 aliphatic heterocycles. The van der Waals surface area contributed by atoms with Crippen molar-refractivity contribution >= 4 is 41.6 Å². The van der Waals surface area contributed by atoms with E-state index in [2.05, 4.69) is 4.98 Å². The van der Waals surface area contributed by atoms with Gasteiger partial charge in [0.25, 0.3) is 0 Å². The third-order valence-corrected chi connectivity index (χ3v) is 1.87. The van der Waals surface area contributed by atoms with E-state index in [1.165, 1.54) is 0 Å². The first-order chi connectivity index (χ1) is 5.77. The van der Waals surface area contributed by atoms with Gasteiger partial charge in [-0.2, -0.15) is 0 Å². The van der Waals surface area contributed by atoms with Crippen LogP contribution in [0.2, 0.25) is 0 Å². The summed E-state index contributed by atoms with van der Waals surface area (Å²) in [6.07, 6.45) is 1.87. The predicted molar refractivity (Wildman–Crippen MR) is 63.8 cm³/mol. The Morgan fingerprint density at radius 3 is 2.57 bits per heavy atom. The number of aromatic amines is 1. The Morgan fingerprint density at radius 2 is 1.93 bits per heavy atom. The van der Waals surface area contributed by atoms with Crippen LogP contribution in [-0.4, -0.2) is 10.8 Å². The summed E-state index contributed by atoms with van der Waals surface area (Å²) < 4.78 is 0. The van der Waals surface area contributed by atoms with Gasteiger partial charge in [-0.25, -0.2) is 0 Å². The smallest absolute Gasteiger partial charge is 0.122 e. The molecule has 0 fully saturated rings. The highest BCUT2D eigenvalue weighted by molar-refractivity contribution is 5.98. The van der Waals surface area contributed by atoms with Gasteiger partial charge in [0, 0.05) is 17.3 Å². The molecule has 0 saturated carbocycles. The van der Waals surface area contributed by atoms with Crippen LogP contribution < -0.4 is 5.73 Å². The lowest BCUT2D eigenvalue weighted by Gasteiger charge is -1.96. The van der Waals surface area contributed by atoms with Crippen molar-refractivity contribution in [1.82, 2.24) is 4.98 Å². The van der Waals surface area contributed by atoms with E-state index in [9.17, 15) is 0 Å². The standard InChI is InChI=1S/C9H9N3.2ClH/c10-9(11)7-2-1-6-3-4-12-8(6)5-7;;/h1-5,12H,(H3,10,11);2*1H. The van der Waals surface area contributed by atoms with Crippen molar-refractivity contribution in [3.8, 4) is 0 Å². The summed E-state index contributed by atoms with van der Waals surface area (Å²) >= 11 is 0. The average Bonchev–Trinajstić information content (AvgIpc) is 2.49. The number of hydrogen-bond donors (Lipinski definition) is 3. The van der Waals surface area contributed by atoms with Gasteiger partial charge in [0.15, 0.2) is 0 Å². The molecule has 1 aromatic carbocycles. The SMILES string of the molecule is Cl.Cl.N=C(N)c1ccc2cc[nH]c2c1. The van der Waals surface area contributed by atoms with Crippen molar-refractivity contribution in [3.63, 3.8) is 0 Å². The number of H-pyrrole nitrogens is 1. The summed E-state index contributed by atoms with van der Waals surface area (Å²) in [6, 6.07) is 7.65. The van der Waals surface area contributed by atoms with Gasteiger partial charge >= 0.3 is 0 Å². The number of halogens is 2. The van der Waals surface area contributed by atoms with E-state index in [1.807, 2.05) is 30.5 Å². The lowest BCUT2D eigenvalue weighted by molar-refractivity contribution is 1.42. The van der Waals surface area contributed by atoms with Crippen LogP contribution in [0.4, 0.5) is 0 Å². The molecule has 2 aromatic rings. The summed E-state index contributed by atoms with van der Waals surface area (Å²) in [5.74, 6) is 0.103. The summed E-state index contributed by atoms with van der Waals surface area (Å²) in [5, 5.41) is 8.37. The second-order valence-electron chi connectivity index (χ2n) is 2.69. The number of benzene rings is 1. The van der Waals surface area contributed by atoms with Crippen LogP contribution in [0.25, 0.3) is 10.9 Å². The maximum Gasteiger partial charge on any atom is 0.122 e. The topological polar surface area (TPSA) is 65.7 Å². The molecule has 1 heterocycles. The minimum Gasteiger partial charge on any atom is -0.384 e. The molecule has 5 heteroatoms. The molecule has 0 atom stereocenters. The molecule has 0 amide bonds. The Labute approximate surface area is 94.0 Å². The molecule has 2 rings (SSSR count). The summed E-state index contributed by atoms with van der Waals surface area (Å²) in [5.41, 5.74) is 7.11. The van der Waals surface area contributed by atoms with Gasteiger partial charge in [-0.1, -0.05) is 12.1 Å². The molecule has 0 aliphatic carbocycles. The number of fused-ring (bicyclic) bond motifs is 1. The van der Waals surface area contributed by atoms with E-state index < -0.39 is 0 Å². The number of aromatic nitrogens is 1. The number of nitrogens with one attached hydrogen (secondary N) is 2. The normalized spacial score (nSPS) is 8.86. The highest BCUT2D eigenvalue weighted by atomic mass is 35.5. The van der Waals surface area contributed by atoms with Crippen LogP contribution in [0.15, 0.2) is 30.5 Å². The molecule has 3 nitrogen and oxygen atoms in total. The van der Waals surface area contributed by atoms with Crippen LogP contribution in [-0.2, 0) is 0 Å². The van der Waals surface area contributed by atoms with E-state index >= 15 is 0 Å². The summed E-state index contributed by atoms with van der Waals surface area (Å²) in [7, 11) is 0. The Hall–Kier alpha value is -1.19. The monoisotopic (exact) mass is 231 g/mol.